The third-order valence-electron chi connectivity index (χ3n) is 3.45. The van der Waals surface area contributed by atoms with Crippen LogP contribution in [0.4, 0.5) is 10.2 Å². The Hall–Kier alpha value is -1.12. The van der Waals surface area contributed by atoms with E-state index in [1.54, 1.807) is 12.1 Å². The summed E-state index contributed by atoms with van der Waals surface area (Å²) in [5.41, 5.74) is 0.425. The minimum absolute atomic E-state index is 0.422. The molecule has 1 heterocycles. The number of anilines is 1. The minimum Gasteiger partial charge on any atom is -0.369 e. The summed E-state index contributed by atoms with van der Waals surface area (Å²) < 4.78 is 12.8. The second-order valence-corrected chi connectivity index (χ2v) is 4.72. The van der Waals surface area contributed by atoms with E-state index in [1.807, 2.05) is 0 Å². The zero-order valence-corrected chi connectivity index (χ0v) is 9.26. The van der Waals surface area contributed by atoms with Crippen LogP contribution in [-0.2, 0) is 0 Å². The number of nitrogens with one attached hydrogen (secondary N) is 1. The number of nitrogens with zero attached hydrogens (tertiary/aromatic N) is 1. The maximum absolute atomic E-state index is 12.8. The largest absolute Gasteiger partial charge is 0.369 e. The lowest BCUT2D eigenvalue weighted by atomic mass is 9.92. The fourth-order valence-electron chi connectivity index (χ4n) is 1.89. The molecule has 1 saturated carbocycles. The third kappa shape index (κ3) is 2.28. The van der Waals surface area contributed by atoms with Gasteiger partial charge >= 0.3 is 0 Å². The van der Waals surface area contributed by atoms with E-state index in [0.29, 0.717) is 17.2 Å². The Balaban J connectivity index is 1.94. The van der Waals surface area contributed by atoms with Crippen molar-refractivity contribution in [1.29, 1.82) is 0 Å². The quantitative estimate of drug-likeness (QED) is 0.769. The maximum Gasteiger partial charge on any atom is 0.214 e. The Morgan fingerprint density at radius 1 is 1.47 bits per heavy atom. The fraction of sp³-hybridized carbons (Fsp3) is 0.583. The number of aromatic nitrogens is 1. The first-order valence-corrected chi connectivity index (χ1v) is 5.49. The first-order valence-electron chi connectivity index (χ1n) is 5.49. The van der Waals surface area contributed by atoms with Crippen LogP contribution in [0.25, 0.3) is 0 Å². The van der Waals surface area contributed by atoms with Gasteiger partial charge in [0, 0.05) is 6.54 Å². The summed E-state index contributed by atoms with van der Waals surface area (Å²) in [6, 6.07) is 4.85. The Morgan fingerprint density at radius 2 is 2.20 bits per heavy atom. The molecule has 0 amide bonds. The van der Waals surface area contributed by atoms with Gasteiger partial charge in [0.25, 0.3) is 0 Å². The fourth-order valence-corrected chi connectivity index (χ4v) is 1.89. The highest BCUT2D eigenvalue weighted by Gasteiger charge is 2.44. The molecule has 1 aromatic heterocycles. The first kappa shape index (κ1) is 10.4. The van der Waals surface area contributed by atoms with Crippen molar-refractivity contribution >= 4 is 5.82 Å². The predicted octanol–water partition coefficient (Wildman–Crippen LogP) is 3.07. The van der Waals surface area contributed by atoms with Crippen molar-refractivity contribution in [2.24, 2.45) is 11.3 Å². The van der Waals surface area contributed by atoms with E-state index < -0.39 is 5.95 Å². The molecule has 0 unspecified atom stereocenters. The Bertz CT molecular complexity index is 345. The van der Waals surface area contributed by atoms with Gasteiger partial charge in [-0.25, -0.2) is 4.98 Å². The molecule has 2 rings (SSSR count). The molecular formula is C12H17FN2. The second-order valence-electron chi connectivity index (χ2n) is 4.72. The van der Waals surface area contributed by atoms with Gasteiger partial charge in [-0.05, 0) is 36.3 Å². The van der Waals surface area contributed by atoms with Crippen molar-refractivity contribution in [2.45, 2.75) is 26.7 Å². The summed E-state index contributed by atoms with van der Waals surface area (Å²) in [6.45, 7) is 5.39. The van der Waals surface area contributed by atoms with Gasteiger partial charge in [-0.1, -0.05) is 19.9 Å². The van der Waals surface area contributed by atoms with E-state index in [-0.39, 0.29) is 0 Å². The molecule has 0 saturated heterocycles. The molecule has 2 nitrogen and oxygen atoms in total. The van der Waals surface area contributed by atoms with Crippen molar-refractivity contribution in [3.8, 4) is 0 Å². The average molecular weight is 208 g/mol. The molecular weight excluding hydrogens is 191 g/mol. The summed E-state index contributed by atoms with van der Waals surface area (Å²) in [7, 11) is 0. The van der Waals surface area contributed by atoms with Crippen LogP contribution in [0.3, 0.4) is 0 Å². The monoisotopic (exact) mass is 208 g/mol. The van der Waals surface area contributed by atoms with Crippen molar-refractivity contribution in [3.63, 3.8) is 0 Å². The van der Waals surface area contributed by atoms with Crippen LogP contribution in [0.15, 0.2) is 18.2 Å². The van der Waals surface area contributed by atoms with Gasteiger partial charge < -0.3 is 5.32 Å². The van der Waals surface area contributed by atoms with Gasteiger partial charge in [-0.2, -0.15) is 4.39 Å². The highest BCUT2D eigenvalue weighted by atomic mass is 19.1. The van der Waals surface area contributed by atoms with Crippen LogP contribution < -0.4 is 5.32 Å². The Labute approximate surface area is 89.9 Å². The number of halogens is 1. The zero-order chi connectivity index (χ0) is 10.9. The summed E-state index contributed by atoms with van der Waals surface area (Å²) in [4.78, 5) is 3.79. The van der Waals surface area contributed by atoms with Crippen LogP contribution in [0, 0.1) is 17.3 Å². The first-order chi connectivity index (χ1) is 7.12. The number of hydrogen-bond acceptors (Lipinski definition) is 2. The van der Waals surface area contributed by atoms with Crippen LogP contribution >= 0.6 is 0 Å². The molecule has 15 heavy (non-hydrogen) atoms. The summed E-state index contributed by atoms with van der Waals surface area (Å²) in [5, 5.41) is 3.22. The molecule has 1 aromatic rings. The van der Waals surface area contributed by atoms with Gasteiger partial charge in [0.15, 0.2) is 0 Å². The van der Waals surface area contributed by atoms with Crippen molar-refractivity contribution in [3.05, 3.63) is 24.1 Å². The Morgan fingerprint density at radius 3 is 2.73 bits per heavy atom. The molecule has 0 spiro atoms. The van der Waals surface area contributed by atoms with Gasteiger partial charge in [-0.15, -0.1) is 0 Å². The van der Waals surface area contributed by atoms with Gasteiger partial charge in [0.2, 0.25) is 5.95 Å². The second kappa shape index (κ2) is 3.80. The molecule has 3 heteroatoms. The number of pyridine rings is 1. The highest BCUT2D eigenvalue weighted by molar-refractivity contribution is 5.34. The lowest BCUT2D eigenvalue weighted by molar-refractivity contribution is 0.379. The molecule has 0 atom stereocenters. The molecule has 0 aliphatic heterocycles. The van der Waals surface area contributed by atoms with Gasteiger partial charge in [0.1, 0.15) is 5.82 Å². The van der Waals surface area contributed by atoms with Crippen LogP contribution in [0.5, 0.6) is 0 Å². The Kier molecular flexibility index (Phi) is 2.63. The average Bonchev–Trinajstić information content (AvgIpc) is 2.96. The highest BCUT2D eigenvalue weighted by Crippen LogP contribution is 2.51. The molecule has 0 radical (unpaired) electrons. The van der Waals surface area contributed by atoms with E-state index in [9.17, 15) is 4.39 Å². The standard InChI is InChI=1S/C12H17FN2/c1-9(2)12(6-7-12)8-14-11-5-3-4-10(13)15-11/h3-5,9H,6-8H2,1-2H3,(H,14,15). The van der Waals surface area contributed by atoms with E-state index in [2.05, 4.69) is 24.1 Å². The summed E-state index contributed by atoms with van der Waals surface area (Å²) in [5.74, 6) is 0.898. The maximum atomic E-state index is 12.8. The van der Waals surface area contributed by atoms with Gasteiger partial charge in [0.05, 0.1) is 0 Å². The summed E-state index contributed by atoms with van der Waals surface area (Å²) >= 11 is 0. The van der Waals surface area contributed by atoms with Crippen molar-refractivity contribution in [1.82, 2.24) is 4.98 Å². The SMILES string of the molecule is CC(C)C1(CNc2cccc(F)n2)CC1. The lowest BCUT2D eigenvalue weighted by Crippen LogP contribution is -2.21. The molecule has 1 aliphatic rings. The lowest BCUT2D eigenvalue weighted by Gasteiger charge is -2.20. The van der Waals surface area contributed by atoms with Gasteiger partial charge in [-0.3, -0.25) is 0 Å². The van der Waals surface area contributed by atoms with E-state index in [0.717, 1.165) is 6.54 Å². The predicted molar refractivity (Wildman–Crippen MR) is 59.2 cm³/mol. The summed E-state index contributed by atoms with van der Waals surface area (Å²) in [6.07, 6.45) is 2.54. The third-order valence-corrected chi connectivity index (χ3v) is 3.45. The zero-order valence-electron chi connectivity index (χ0n) is 9.26. The smallest absolute Gasteiger partial charge is 0.214 e. The normalized spacial score (nSPS) is 17.9. The number of hydrogen-bond donors (Lipinski definition) is 1. The molecule has 1 aliphatic carbocycles. The van der Waals surface area contributed by atoms with E-state index >= 15 is 0 Å². The number of rotatable bonds is 4. The van der Waals surface area contributed by atoms with E-state index in [4.69, 9.17) is 0 Å². The van der Waals surface area contributed by atoms with E-state index in [1.165, 1.54) is 18.9 Å². The topological polar surface area (TPSA) is 24.9 Å². The van der Waals surface area contributed by atoms with Crippen LogP contribution in [0.2, 0.25) is 0 Å². The van der Waals surface area contributed by atoms with Crippen molar-refractivity contribution < 1.29 is 4.39 Å². The van der Waals surface area contributed by atoms with Crippen LogP contribution in [-0.4, -0.2) is 11.5 Å². The molecule has 1 N–H and O–H groups in total. The minimum atomic E-state index is -0.422. The molecule has 82 valence electrons. The molecule has 0 bridgehead atoms. The molecule has 0 aromatic carbocycles. The van der Waals surface area contributed by atoms with Crippen molar-refractivity contribution in [2.75, 3.05) is 11.9 Å². The van der Waals surface area contributed by atoms with Crippen LogP contribution in [0.1, 0.15) is 26.7 Å². The molecule has 1 fully saturated rings.